The largest absolute Gasteiger partial charge is 0.434 e. The summed E-state index contributed by atoms with van der Waals surface area (Å²) >= 11 is 0. The Hall–Kier alpha value is -1.69. The third-order valence-corrected chi connectivity index (χ3v) is 2.50. The highest BCUT2D eigenvalue weighted by molar-refractivity contribution is 5.97. The van der Waals surface area contributed by atoms with Crippen LogP contribution in [-0.4, -0.2) is 24.6 Å². The number of carbonyl (C=O) groups excluding carboxylic acids is 1. The summed E-state index contributed by atoms with van der Waals surface area (Å²) in [7, 11) is 0. The topological polar surface area (TPSA) is 64.3 Å². The molecular weight excluding hydrogens is 230 g/mol. The van der Waals surface area contributed by atoms with Crippen molar-refractivity contribution in [1.29, 1.82) is 0 Å². The minimum absolute atomic E-state index is 0.0397. The molecule has 4 nitrogen and oxygen atoms in total. The van der Waals surface area contributed by atoms with Gasteiger partial charge in [0.05, 0.1) is 5.56 Å². The van der Waals surface area contributed by atoms with Crippen LogP contribution in [0, 0.1) is 0 Å². The number of amides is 1. The first-order valence-corrected chi connectivity index (χ1v) is 5.18. The Morgan fingerprint density at radius 1 is 1.47 bits per heavy atom. The fourth-order valence-electron chi connectivity index (χ4n) is 1.48. The van der Waals surface area contributed by atoms with E-state index in [0.29, 0.717) is 6.42 Å². The third kappa shape index (κ3) is 2.91. The number of carbonyl (C=O) groups is 1. The van der Waals surface area contributed by atoms with E-state index in [1.807, 2.05) is 0 Å². The molecule has 0 aromatic heterocycles. The summed E-state index contributed by atoms with van der Waals surface area (Å²) in [6.07, 6.45) is 0.712. The normalized spacial score (nSPS) is 22.4. The molecule has 1 aliphatic rings. The van der Waals surface area contributed by atoms with Crippen molar-refractivity contribution in [3.8, 4) is 5.75 Å². The highest BCUT2D eigenvalue weighted by Crippen LogP contribution is 2.23. The van der Waals surface area contributed by atoms with Gasteiger partial charge in [0.15, 0.2) is 0 Å². The minimum Gasteiger partial charge on any atom is -0.434 e. The zero-order valence-corrected chi connectivity index (χ0v) is 8.90. The van der Waals surface area contributed by atoms with Gasteiger partial charge < -0.3 is 15.8 Å². The lowest BCUT2D eigenvalue weighted by Crippen LogP contribution is -2.30. The quantitative estimate of drug-likeness (QED) is 0.831. The van der Waals surface area contributed by atoms with Crippen LogP contribution in [0.25, 0.3) is 0 Å². The average Bonchev–Trinajstić information content (AvgIpc) is 2.94. The molecule has 1 aromatic carbocycles. The van der Waals surface area contributed by atoms with Crippen LogP contribution in [0.15, 0.2) is 24.3 Å². The molecule has 0 spiro atoms. The van der Waals surface area contributed by atoms with Crippen LogP contribution in [0.3, 0.4) is 0 Å². The maximum atomic E-state index is 12.1. The highest BCUT2D eigenvalue weighted by Gasteiger charge is 2.35. The lowest BCUT2D eigenvalue weighted by atomic mass is 10.2. The van der Waals surface area contributed by atoms with Gasteiger partial charge in [-0.2, -0.15) is 8.78 Å². The van der Waals surface area contributed by atoms with Crippen molar-refractivity contribution in [3.05, 3.63) is 29.8 Å². The number of nitrogens with two attached hydrogens (primary N) is 1. The molecule has 0 saturated heterocycles. The van der Waals surface area contributed by atoms with Crippen molar-refractivity contribution in [1.82, 2.24) is 5.32 Å². The molecule has 1 amide bonds. The molecule has 0 heterocycles. The first kappa shape index (κ1) is 11.8. The average molecular weight is 242 g/mol. The summed E-state index contributed by atoms with van der Waals surface area (Å²) in [5, 5.41) is 2.64. The Kier molecular flexibility index (Phi) is 3.23. The molecule has 6 heteroatoms. The molecule has 92 valence electrons. The summed E-state index contributed by atoms with van der Waals surface area (Å²) in [6.45, 7) is -2.95. The van der Waals surface area contributed by atoms with E-state index in [1.165, 1.54) is 18.2 Å². The van der Waals surface area contributed by atoms with Crippen LogP contribution in [0.1, 0.15) is 16.8 Å². The van der Waals surface area contributed by atoms with Gasteiger partial charge in [-0.05, 0) is 18.6 Å². The van der Waals surface area contributed by atoms with Crippen LogP contribution in [0.5, 0.6) is 5.75 Å². The molecule has 0 radical (unpaired) electrons. The second-order valence-corrected chi connectivity index (χ2v) is 3.85. The summed E-state index contributed by atoms with van der Waals surface area (Å²) in [4.78, 5) is 11.8. The van der Waals surface area contributed by atoms with E-state index in [-0.39, 0.29) is 23.4 Å². The van der Waals surface area contributed by atoms with E-state index in [9.17, 15) is 13.6 Å². The Morgan fingerprint density at radius 3 is 2.71 bits per heavy atom. The number of benzene rings is 1. The van der Waals surface area contributed by atoms with Crippen molar-refractivity contribution in [2.45, 2.75) is 25.1 Å². The number of hydrogen-bond acceptors (Lipinski definition) is 3. The Balaban J connectivity index is 2.10. The number of halogens is 2. The molecule has 0 aliphatic heterocycles. The molecule has 3 N–H and O–H groups in total. The summed E-state index contributed by atoms with van der Waals surface area (Å²) < 4.78 is 28.5. The molecule has 2 unspecified atom stereocenters. The van der Waals surface area contributed by atoms with Gasteiger partial charge in [0, 0.05) is 12.1 Å². The first-order chi connectivity index (χ1) is 8.08. The number of alkyl halides is 2. The monoisotopic (exact) mass is 242 g/mol. The Bertz CT molecular complexity index is 426. The SMILES string of the molecule is NC1CC1NC(=O)c1ccccc1OC(F)F. The third-order valence-electron chi connectivity index (χ3n) is 2.50. The van der Waals surface area contributed by atoms with E-state index in [0.717, 1.165) is 0 Å². The predicted molar refractivity (Wildman–Crippen MR) is 56.9 cm³/mol. The molecule has 2 atom stereocenters. The van der Waals surface area contributed by atoms with Crippen molar-refractivity contribution < 1.29 is 18.3 Å². The zero-order valence-electron chi connectivity index (χ0n) is 8.90. The molecule has 17 heavy (non-hydrogen) atoms. The van der Waals surface area contributed by atoms with E-state index >= 15 is 0 Å². The standard InChI is InChI=1S/C11H12F2N2O2/c12-11(13)17-9-4-2-1-3-6(9)10(16)15-8-5-7(8)14/h1-4,7-8,11H,5,14H2,(H,15,16). The lowest BCUT2D eigenvalue weighted by Gasteiger charge is -2.10. The smallest absolute Gasteiger partial charge is 0.387 e. The van der Waals surface area contributed by atoms with E-state index in [1.54, 1.807) is 6.07 Å². The molecule has 1 fully saturated rings. The predicted octanol–water partition coefficient (Wildman–Crippen LogP) is 1.12. The number of para-hydroxylation sites is 1. The van der Waals surface area contributed by atoms with Gasteiger partial charge in [-0.3, -0.25) is 4.79 Å². The van der Waals surface area contributed by atoms with Gasteiger partial charge >= 0.3 is 6.61 Å². The molecule has 2 rings (SSSR count). The van der Waals surface area contributed by atoms with E-state index in [4.69, 9.17) is 5.73 Å². The maximum Gasteiger partial charge on any atom is 0.387 e. The van der Waals surface area contributed by atoms with Gasteiger partial charge in [0.1, 0.15) is 5.75 Å². The van der Waals surface area contributed by atoms with E-state index < -0.39 is 12.5 Å². The minimum atomic E-state index is -2.95. The van der Waals surface area contributed by atoms with E-state index in [2.05, 4.69) is 10.1 Å². The van der Waals surface area contributed by atoms with Crippen LogP contribution in [-0.2, 0) is 0 Å². The van der Waals surface area contributed by atoms with Crippen LogP contribution in [0.4, 0.5) is 8.78 Å². The second-order valence-electron chi connectivity index (χ2n) is 3.85. The molecule has 1 aromatic rings. The Morgan fingerprint density at radius 2 is 2.12 bits per heavy atom. The Labute approximate surface area is 96.7 Å². The second kappa shape index (κ2) is 4.67. The fraction of sp³-hybridized carbons (Fsp3) is 0.364. The van der Waals surface area contributed by atoms with Gasteiger partial charge in [-0.1, -0.05) is 12.1 Å². The number of nitrogens with one attached hydrogen (secondary N) is 1. The summed E-state index contributed by atoms with van der Waals surface area (Å²) in [5.74, 6) is -0.576. The van der Waals surface area contributed by atoms with Crippen molar-refractivity contribution in [3.63, 3.8) is 0 Å². The number of ether oxygens (including phenoxy) is 1. The number of hydrogen-bond donors (Lipinski definition) is 2. The van der Waals surface area contributed by atoms with Crippen LogP contribution < -0.4 is 15.8 Å². The van der Waals surface area contributed by atoms with Gasteiger partial charge in [-0.25, -0.2) is 0 Å². The summed E-state index contributed by atoms with van der Waals surface area (Å²) in [5.41, 5.74) is 5.64. The highest BCUT2D eigenvalue weighted by atomic mass is 19.3. The number of rotatable bonds is 4. The van der Waals surface area contributed by atoms with Crippen molar-refractivity contribution in [2.24, 2.45) is 5.73 Å². The lowest BCUT2D eigenvalue weighted by molar-refractivity contribution is -0.0501. The van der Waals surface area contributed by atoms with Gasteiger partial charge in [0.25, 0.3) is 5.91 Å². The molecule has 1 aliphatic carbocycles. The van der Waals surface area contributed by atoms with Crippen molar-refractivity contribution >= 4 is 5.91 Å². The zero-order chi connectivity index (χ0) is 12.4. The van der Waals surface area contributed by atoms with Gasteiger partial charge in [-0.15, -0.1) is 0 Å². The molecule has 1 saturated carbocycles. The molecule has 0 bridgehead atoms. The van der Waals surface area contributed by atoms with Crippen LogP contribution >= 0.6 is 0 Å². The maximum absolute atomic E-state index is 12.1. The fourth-order valence-corrected chi connectivity index (χ4v) is 1.48. The first-order valence-electron chi connectivity index (χ1n) is 5.18. The molecular formula is C11H12F2N2O2. The van der Waals surface area contributed by atoms with Gasteiger partial charge in [0.2, 0.25) is 0 Å². The van der Waals surface area contributed by atoms with Crippen LogP contribution in [0.2, 0.25) is 0 Å². The van der Waals surface area contributed by atoms with Crippen molar-refractivity contribution in [2.75, 3.05) is 0 Å². The summed E-state index contributed by atoms with van der Waals surface area (Å²) in [6, 6.07) is 5.76.